The molecule has 0 aliphatic heterocycles. The topological polar surface area (TPSA) is 102 Å². The van der Waals surface area contributed by atoms with Crippen molar-refractivity contribution in [1.29, 1.82) is 5.26 Å². The van der Waals surface area contributed by atoms with Gasteiger partial charge in [0, 0.05) is 6.07 Å². The van der Waals surface area contributed by atoms with Crippen molar-refractivity contribution in [2.75, 3.05) is 0 Å². The zero-order valence-electron chi connectivity index (χ0n) is 10.6. The lowest BCUT2D eigenvalue weighted by Crippen LogP contribution is -1.97. The van der Waals surface area contributed by atoms with Crippen LogP contribution in [0.5, 0.6) is 11.6 Å². The lowest BCUT2D eigenvalue weighted by molar-refractivity contribution is -0.385. The number of nitrogens with zero attached hydrogens (tertiary/aromatic N) is 4. The predicted octanol–water partition coefficient (Wildman–Crippen LogP) is 2.61. The quantitative estimate of drug-likeness (QED) is 0.625. The largest absolute Gasteiger partial charge is 0.430 e. The first-order valence-electron chi connectivity index (χ1n) is 5.81. The normalized spacial score (nSPS) is 9.80. The van der Waals surface area contributed by atoms with E-state index in [0.717, 1.165) is 5.56 Å². The van der Waals surface area contributed by atoms with Crippen LogP contribution >= 0.6 is 0 Å². The van der Waals surface area contributed by atoms with Gasteiger partial charge in [-0.25, -0.2) is 9.97 Å². The van der Waals surface area contributed by atoms with Gasteiger partial charge >= 0.3 is 5.69 Å². The third-order valence-corrected chi connectivity index (χ3v) is 2.59. The third-order valence-electron chi connectivity index (χ3n) is 2.59. The molecule has 0 saturated carbocycles. The maximum absolute atomic E-state index is 11.0. The van der Waals surface area contributed by atoms with Gasteiger partial charge in [0.15, 0.2) is 5.69 Å². The number of rotatable bonds is 4. The summed E-state index contributed by atoms with van der Waals surface area (Å²) in [6.07, 6.45) is 3.18. The monoisotopic (exact) mass is 270 g/mol. The van der Waals surface area contributed by atoms with Gasteiger partial charge in [0.25, 0.3) is 0 Å². The van der Waals surface area contributed by atoms with Gasteiger partial charge in [-0.15, -0.1) is 0 Å². The van der Waals surface area contributed by atoms with Crippen LogP contribution in [0.2, 0.25) is 0 Å². The minimum atomic E-state index is -0.508. The minimum Gasteiger partial charge on any atom is -0.430 e. The third kappa shape index (κ3) is 2.87. The van der Waals surface area contributed by atoms with E-state index in [2.05, 4.69) is 9.97 Å². The van der Waals surface area contributed by atoms with E-state index in [1.165, 1.54) is 24.5 Å². The number of benzene rings is 1. The zero-order chi connectivity index (χ0) is 14.5. The van der Waals surface area contributed by atoms with Gasteiger partial charge in [-0.3, -0.25) is 10.1 Å². The molecule has 0 bridgehead atoms. The summed E-state index contributed by atoms with van der Waals surface area (Å²) in [6, 6.07) is 6.56. The summed E-state index contributed by atoms with van der Waals surface area (Å²) in [7, 11) is 0. The van der Waals surface area contributed by atoms with E-state index in [9.17, 15) is 10.1 Å². The number of nitriles is 1. The van der Waals surface area contributed by atoms with Crippen LogP contribution in [0.1, 0.15) is 18.2 Å². The zero-order valence-corrected chi connectivity index (χ0v) is 10.6. The molecule has 0 N–H and O–H groups in total. The first kappa shape index (κ1) is 13.4. The second kappa shape index (κ2) is 5.75. The Kier molecular flexibility index (Phi) is 3.86. The van der Waals surface area contributed by atoms with Gasteiger partial charge in [-0.2, -0.15) is 5.26 Å². The van der Waals surface area contributed by atoms with Gasteiger partial charge in [0.05, 0.1) is 17.3 Å². The summed E-state index contributed by atoms with van der Waals surface area (Å²) in [5.74, 6) is 0.183. The average molecular weight is 270 g/mol. The first-order valence-corrected chi connectivity index (χ1v) is 5.81. The van der Waals surface area contributed by atoms with Crippen molar-refractivity contribution >= 4 is 5.69 Å². The van der Waals surface area contributed by atoms with E-state index < -0.39 is 4.92 Å². The molecule has 20 heavy (non-hydrogen) atoms. The molecule has 7 heteroatoms. The first-order chi connectivity index (χ1) is 9.63. The molecule has 0 radical (unpaired) electrons. The highest BCUT2D eigenvalue weighted by atomic mass is 16.6. The summed E-state index contributed by atoms with van der Waals surface area (Å²) >= 11 is 0. The smallest absolute Gasteiger partial charge is 0.311 e. The molecule has 1 aromatic heterocycles. The Balaban J connectivity index is 2.32. The van der Waals surface area contributed by atoms with Gasteiger partial charge < -0.3 is 4.74 Å². The molecular weight excluding hydrogens is 260 g/mol. The van der Waals surface area contributed by atoms with Crippen molar-refractivity contribution in [1.82, 2.24) is 9.97 Å². The molecule has 0 aliphatic carbocycles. The van der Waals surface area contributed by atoms with E-state index in [0.29, 0.717) is 6.42 Å². The summed E-state index contributed by atoms with van der Waals surface area (Å²) in [6.45, 7) is 1.91. The van der Waals surface area contributed by atoms with Gasteiger partial charge in [0.1, 0.15) is 6.07 Å². The van der Waals surface area contributed by atoms with E-state index in [1.54, 1.807) is 6.07 Å². The van der Waals surface area contributed by atoms with Gasteiger partial charge in [0.2, 0.25) is 11.6 Å². The number of hydrogen-bond acceptors (Lipinski definition) is 6. The van der Waals surface area contributed by atoms with Crippen LogP contribution in [0.4, 0.5) is 5.69 Å². The molecule has 1 heterocycles. The predicted molar refractivity (Wildman–Crippen MR) is 69.3 cm³/mol. The van der Waals surface area contributed by atoms with Crippen LogP contribution in [-0.2, 0) is 6.42 Å². The van der Waals surface area contributed by atoms with Crippen LogP contribution < -0.4 is 4.74 Å². The van der Waals surface area contributed by atoms with Crippen molar-refractivity contribution in [2.45, 2.75) is 13.3 Å². The number of ether oxygens (including phenoxy) is 1. The SMILES string of the molecule is CCc1ccc(Oc2cnc(C#N)cn2)c([N+](=O)[O-])c1. The second-order valence-electron chi connectivity index (χ2n) is 3.87. The van der Waals surface area contributed by atoms with Crippen LogP contribution in [0.25, 0.3) is 0 Å². The number of nitro benzene ring substituents is 1. The Hall–Kier alpha value is -3.01. The molecule has 2 rings (SSSR count). The van der Waals surface area contributed by atoms with Crippen molar-refractivity contribution in [3.05, 3.63) is 52.0 Å². The lowest BCUT2D eigenvalue weighted by atomic mass is 10.1. The Morgan fingerprint density at radius 1 is 1.40 bits per heavy atom. The van der Waals surface area contributed by atoms with E-state index in [-0.39, 0.29) is 23.0 Å². The average Bonchev–Trinajstić information content (AvgIpc) is 2.48. The van der Waals surface area contributed by atoms with Gasteiger partial charge in [-0.1, -0.05) is 13.0 Å². The van der Waals surface area contributed by atoms with Crippen molar-refractivity contribution < 1.29 is 9.66 Å². The van der Waals surface area contributed by atoms with E-state index in [1.807, 2.05) is 13.0 Å². The number of aryl methyl sites for hydroxylation is 1. The fraction of sp³-hybridized carbons (Fsp3) is 0.154. The molecule has 0 atom stereocenters. The van der Waals surface area contributed by atoms with E-state index in [4.69, 9.17) is 10.00 Å². The van der Waals surface area contributed by atoms with Gasteiger partial charge in [-0.05, 0) is 18.1 Å². The molecule has 1 aromatic carbocycles. The molecular formula is C13H10N4O3. The highest BCUT2D eigenvalue weighted by molar-refractivity contribution is 5.50. The summed E-state index contributed by atoms with van der Waals surface area (Å²) in [5.41, 5.74) is 0.860. The van der Waals surface area contributed by atoms with Crippen LogP contribution in [-0.4, -0.2) is 14.9 Å². The fourth-order valence-electron chi connectivity index (χ4n) is 1.55. The Bertz CT molecular complexity index is 677. The molecule has 100 valence electrons. The lowest BCUT2D eigenvalue weighted by Gasteiger charge is -2.06. The molecule has 0 aliphatic rings. The number of hydrogen-bond donors (Lipinski definition) is 0. The molecule has 0 saturated heterocycles. The highest BCUT2D eigenvalue weighted by Crippen LogP contribution is 2.31. The maximum atomic E-state index is 11.0. The molecule has 2 aromatic rings. The Morgan fingerprint density at radius 3 is 2.75 bits per heavy atom. The van der Waals surface area contributed by atoms with E-state index >= 15 is 0 Å². The van der Waals surface area contributed by atoms with Crippen molar-refractivity contribution in [3.63, 3.8) is 0 Å². The number of aromatic nitrogens is 2. The van der Waals surface area contributed by atoms with Crippen molar-refractivity contribution in [3.8, 4) is 17.7 Å². The van der Waals surface area contributed by atoms with Crippen LogP contribution in [0, 0.1) is 21.4 Å². The Labute approximate surface area is 114 Å². The molecule has 7 nitrogen and oxygen atoms in total. The summed E-state index contributed by atoms with van der Waals surface area (Å²) in [4.78, 5) is 18.2. The fourth-order valence-corrected chi connectivity index (χ4v) is 1.55. The Morgan fingerprint density at radius 2 is 2.20 bits per heavy atom. The van der Waals surface area contributed by atoms with Crippen LogP contribution in [0.15, 0.2) is 30.6 Å². The van der Waals surface area contributed by atoms with Crippen LogP contribution in [0.3, 0.4) is 0 Å². The maximum Gasteiger partial charge on any atom is 0.311 e. The standard InChI is InChI=1S/C13H10N4O3/c1-2-9-3-4-12(11(5-9)17(18)19)20-13-8-15-10(6-14)7-16-13/h3-5,7-8H,2H2,1H3. The van der Waals surface area contributed by atoms with Crippen molar-refractivity contribution in [2.24, 2.45) is 0 Å². The number of nitro groups is 1. The minimum absolute atomic E-state index is 0.0891. The molecule has 0 unspecified atom stereocenters. The summed E-state index contributed by atoms with van der Waals surface area (Å²) in [5, 5.41) is 19.6. The molecule has 0 fully saturated rings. The molecule has 0 spiro atoms. The summed E-state index contributed by atoms with van der Waals surface area (Å²) < 4.78 is 5.35. The molecule has 0 amide bonds. The second-order valence-corrected chi connectivity index (χ2v) is 3.87. The highest BCUT2D eigenvalue weighted by Gasteiger charge is 2.17.